The highest BCUT2D eigenvalue weighted by Gasteiger charge is 2.59. The molecule has 2 fully saturated rings. The highest BCUT2D eigenvalue weighted by molar-refractivity contribution is 6.01. The first-order valence-electron chi connectivity index (χ1n) is 30.4. The lowest BCUT2D eigenvalue weighted by Gasteiger charge is -2.40. The molecule has 85 heavy (non-hydrogen) atoms. The molecule has 4 N–H and O–H groups in total. The van der Waals surface area contributed by atoms with E-state index in [4.69, 9.17) is 9.73 Å². The first-order valence-corrected chi connectivity index (χ1v) is 30.4. The van der Waals surface area contributed by atoms with Crippen LogP contribution in [-0.2, 0) is 52.7 Å². The van der Waals surface area contributed by atoms with Crippen molar-refractivity contribution in [3.05, 3.63) is 0 Å². The van der Waals surface area contributed by atoms with E-state index in [1.165, 1.54) is 90.4 Å². The van der Waals surface area contributed by atoms with Gasteiger partial charge in [-0.2, -0.15) is 0 Å². The summed E-state index contributed by atoms with van der Waals surface area (Å²) >= 11 is 0. The average molecular weight is 1200 g/mol. The number of imide groups is 1. The van der Waals surface area contributed by atoms with E-state index < -0.39 is 138 Å². The summed E-state index contributed by atoms with van der Waals surface area (Å²) in [5.74, 6) is -5.32. The summed E-state index contributed by atoms with van der Waals surface area (Å²) in [6.07, 6.45) is -0.0851. The molecule has 0 aromatic carbocycles. The van der Waals surface area contributed by atoms with Crippen LogP contribution in [0.15, 0.2) is 4.99 Å². The lowest BCUT2D eigenvalue weighted by Crippen LogP contribution is -2.61. The Hall–Kier alpha value is -6.40. The Balaban J connectivity index is 1.97. The van der Waals surface area contributed by atoms with Crippen molar-refractivity contribution in [1.82, 2.24) is 60.5 Å². The SMILES string of the molecule is CC[C@@H](C(=O)N(C)[C@H](C)C(=O)N(C)[C@@H](CC(C)C)C(=O)N[C@H](C(=O)N(C)[C@@H](CC(C)C)C(=O)N[C@H](C)C(=O)NC(=O)NC)C(C)C)N1C(=O)[C@@H]2[C@H](OC(C)[C@H](N(C)C(=O)[C@H](CC(C)C)N(C)C(=O)CCC(C)C)C(=O)N2C)[C@H]1CC1=NCCN1C. The first-order chi connectivity index (χ1) is 39.5. The van der Waals surface area contributed by atoms with E-state index in [1.54, 1.807) is 34.7 Å². The largest absolute Gasteiger partial charge is 0.368 e. The number of aliphatic imine (C=N–C) groups is 1. The number of carbonyl (C=O) groups excluding carboxylic acids is 11. The van der Waals surface area contributed by atoms with Gasteiger partial charge in [-0.15, -0.1) is 0 Å². The van der Waals surface area contributed by atoms with Crippen LogP contribution >= 0.6 is 0 Å². The summed E-state index contributed by atoms with van der Waals surface area (Å²) in [5.41, 5.74) is 0. The number of nitrogens with zero attached hydrogens (tertiary/aromatic N) is 9. The van der Waals surface area contributed by atoms with Gasteiger partial charge in [0.15, 0.2) is 0 Å². The number of amides is 12. The molecule has 0 aromatic rings. The molecule has 3 aliphatic heterocycles. The molecular weight excluding hydrogens is 1090 g/mol. The van der Waals surface area contributed by atoms with Crippen LogP contribution in [0.25, 0.3) is 0 Å². The predicted molar refractivity (Wildman–Crippen MR) is 323 cm³/mol. The zero-order chi connectivity index (χ0) is 65.0. The van der Waals surface area contributed by atoms with Crippen LogP contribution in [0.3, 0.4) is 0 Å². The number of likely N-dealkylation sites (N-methyl/N-ethyl adjacent to an activating group) is 7. The molecule has 1 unspecified atom stereocenters. The predicted octanol–water partition coefficient (Wildman–Crippen LogP) is 2.15. The van der Waals surface area contributed by atoms with Gasteiger partial charge in [0.1, 0.15) is 66.3 Å². The molecule has 2 saturated heterocycles. The molecule has 25 nitrogen and oxygen atoms in total. The van der Waals surface area contributed by atoms with Crippen LogP contribution in [0.1, 0.15) is 142 Å². The van der Waals surface area contributed by atoms with Gasteiger partial charge in [-0.1, -0.05) is 76.2 Å². The van der Waals surface area contributed by atoms with Crippen molar-refractivity contribution < 1.29 is 57.5 Å². The fraction of sp³-hybridized carbons (Fsp3) is 0.800. The zero-order valence-electron chi connectivity index (χ0n) is 55.1. The number of hydrogen-bond donors (Lipinski definition) is 4. The number of rotatable bonds is 28. The van der Waals surface area contributed by atoms with Crippen LogP contribution in [0.5, 0.6) is 0 Å². The molecular formula is C60H105N13O12. The fourth-order valence-electron chi connectivity index (χ4n) is 11.4. The summed E-state index contributed by atoms with van der Waals surface area (Å²) in [6.45, 7) is 26.4. The van der Waals surface area contributed by atoms with Gasteiger partial charge in [-0.3, -0.25) is 58.3 Å². The molecule has 25 heteroatoms. The second-order valence-electron chi connectivity index (χ2n) is 25.7. The Bertz CT molecular complexity index is 2430. The molecule has 12 amide bonds. The molecule has 0 saturated carbocycles. The van der Waals surface area contributed by atoms with E-state index in [1.807, 2.05) is 67.3 Å². The minimum Gasteiger partial charge on any atom is -0.368 e. The van der Waals surface area contributed by atoms with E-state index in [-0.39, 0.29) is 61.7 Å². The van der Waals surface area contributed by atoms with Gasteiger partial charge in [-0.05, 0) is 82.5 Å². The summed E-state index contributed by atoms with van der Waals surface area (Å²) in [4.78, 5) is 171. The van der Waals surface area contributed by atoms with Gasteiger partial charge >= 0.3 is 6.03 Å². The van der Waals surface area contributed by atoms with Crippen molar-refractivity contribution in [2.75, 3.05) is 69.5 Å². The molecule has 0 aliphatic carbocycles. The molecule has 482 valence electrons. The maximum absolute atomic E-state index is 15.3. The number of amidine groups is 1. The lowest BCUT2D eigenvalue weighted by atomic mass is 9.96. The molecule has 3 rings (SSSR count). The van der Waals surface area contributed by atoms with Gasteiger partial charge in [0, 0.05) is 75.8 Å². The molecule has 0 bridgehead atoms. The van der Waals surface area contributed by atoms with Crippen molar-refractivity contribution in [2.45, 2.75) is 215 Å². The normalized spacial score (nSPS) is 21.3. The third kappa shape index (κ3) is 18.1. The standard InChI is InChI=1S/C60H105N13O12/c1-23-40(73-41(31-45-62-26-27-66(45)16)50-49(59(73)83)72(22)58(82)48(39(14)85-50)71(21)56(80)44(30-35(8)9)68(18)46(74)25-24-32(2)3)55(79)67(17)38(13)54(78)69(19)43(29-34(6)7)53(77)64-47(36(10)11)57(81)70(20)42(28-33(4)5)52(76)63-37(12)51(75)65-60(84)61-15/h32-44,47-50H,23-31H2,1-22H3,(H,63,76)(H,64,77)(H2,61,65,75,84)/t37-,38-,39?,40+,41-,42+,43+,44+,47+,48+,49+,50-/m1/s1. The number of hydrogen-bond acceptors (Lipinski definition) is 14. The van der Waals surface area contributed by atoms with E-state index in [9.17, 15) is 43.2 Å². The van der Waals surface area contributed by atoms with Gasteiger partial charge in [0.05, 0.1) is 18.7 Å². The number of likely N-dealkylation sites (tertiary alicyclic amines) is 1. The van der Waals surface area contributed by atoms with Gasteiger partial charge in [0.2, 0.25) is 59.1 Å². The third-order valence-electron chi connectivity index (χ3n) is 16.9. The number of carbonyl (C=O) groups is 11. The van der Waals surface area contributed by atoms with Crippen LogP contribution in [-0.4, -0.2) is 252 Å². The number of ether oxygens (including phenoxy) is 1. The van der Waals surface area contributed by atoms with E-state index in [0.29, 0.717) is 31.8 Å². The monoisotopic (exact) mass is 1200 g/mol. The van der Waals surface area contributed by atoms with E-state index in [2.05, 4.69) is 21.3 Å². The highest BCUT2D eigenvalue weighted by Crippen LogP contribution is 2.37. The molecule has 3 aliphatic rings. The Kier molecular flexibility index (Phi) is 27.3. The summed E-state index contributed by atoms with van der Waals surface area (Å²) < 4.78 is 6.86. The van der Waals surface area contributed by atoms with Crippen LogP contribution in [0.2, 0.25) is 0 Å². The van der Waals surface area contributed by atoms with Crippen molar-refractivity contribution in [3.8, 4) is 0 Å². The number of nitrogens with one attached hydrogen (secondary N) is 4. The Morgan fingerprint density at radius 2 is 1.19 bits per heavy atom. The van der Waals surface area contributed by atoms with E-state index >= 15 is 9.59 Å². The number of urea groups is 1. The second kappa shape index (κ2) is 31.8. The van der Waals surface area contributed by atoms with Crippen LogP contribution < -0.4 is 21.3 Å². The summed E-state index contributed by atoms with van der Waals surface area (Å²) in [7, 11) is 12.2. The fourth-order valence-corrected chi connectivity index (χ4v) is 11.4. The Labute approximate surface area is 505 Å². The molecule has 12 atom stereocenters. The minimum absolute atomic E-state index is 0.0279. The van der Waals surface area contributed by atoms with Gasteiger partial charge in [0.25, 0.3) is 0 Å². The number of fused-ring (bicyclic) bond motifs is 1. The summed E-state index contributed by atoms with van der Waals surface area (Å²) in [5, 5.41) is 9.87. The second-order valence-corrected chi connectivity index (χ2v) is 25.7. The van der Waals surface area contributed by atoms with E-state index in [0.717, 1.165) is 0 Å². The topological polar surface area (TPSA) is 283 Å². The minimum atomic E-state index is -1.22. The van der Waals surface area contributed by atoms with Gasteiger partial charge < -0.3 is 59.9 Å². The Morgan fingerprint density at radius 3 is 1.67 bits per heavy atom. The molecule has 0 spiro atoms. The summed E-state index contributed by atoms with van der Waals surface area (Å²) in [6, 6.07) is -11.8. The smallest absolute Gasteiger partial charge is 0.321 e. The van der Waals surface area contributed by atoms with Crippen LogP contribution in [0.4, 0.5) is 4.79 Å². The highest BCUT2D eigenvalue weighted by atomic mass is 16.5. The lowest BCUT2D eigenvalue weighted by molar-refractivity contribution is -0.156. The van der Waals surface area contributed by atoms with Crippen molar-refractivity contribution in [2.24, 2.45) is 34.6 Å². The van der Waals surface area contributed by atoms with Gasteiger partial charge in [-0.25, -0.2) is 4.79 Å². The Morgan fingerprint density at radius 1 is 0.659 bits per heavy atom. The molecule has 0 aromatic heterocycles. The van der Waals surface area contributed by atoms with Crippen molar-refractivity contribution in [3.63, 3.8) is 0 Å². The van der Waals surface area contributed by atoms with Crippen molar-refractivity contribution in [1.29, 1.82) is 0 Å². The van der Waals surface area contributed by atoms with Crippen molar-refractivity contribution >= 4 is 70.9 Å². The van der Waals surface area contributed by atoms with Crippen LogP contribution in [0, 0.1) is 29.6 Å². The maximum Gasteiger partial charge on any atom is 0.321 e. The quantitative estimate of drug-likeness (QED) is 0.0875. The molecule has 0 radical (unpaired) electrons. The average Bonchev–Trinajstić information content (AvgIpc) is 1.66. The zero-order valence-corrected chi connectivity index (χ0v) is 55.1. The first kappa shape index (κ1) is 72.9. The molecule has 3 heterocycles. The third-order valence-corrected chi connectivity index (χ3v) is 16.9. The maximum atomic E-state index is 15.3.